The smallest absolute Gasteiger partial charge is 0.273 e. The molecule has 2 aromatic rings. The van der Waals surface area contributed by atoms with Crippen molar-refractivity contribution in [2.75, 3.05) is 7.11 Å². The summed E-state index contributed by atoms with van der Waals surface area (Å²) in [6.45, 7) is 0. The SMILES string of the molecule is COc1cc([N+](=O)[O-])ccc1-c1ccc(C=C2SC(=S)NC2=O)o1. The van der Waals surface area contributed by atoms with Gasteiger partial charge in [-0.15, -0.1) is 0 Å². The molecule has 1 aliphatic rings. The van der Waals surface area contributed by atoms with Gasteiger partial charge in [-0.25, -0.2) is 0 Å². The fourth-order valence-corrected chi connectivity index (χ4v) is 3.15. The first kappa shape index (κ1) is 16.2. The molecule has 7 nitrogen and oxygen atoms in total. The Kier molecular flexibility index (Phi) is 4.36. The highest BCUT2D eigenvalue weighted by atomic mass is 32.2. The van der Waals surface area contributed by atoms with Crippen LogP contribution in [0.5, 0.6) is 5.75 Å². The van der Waals surface area contributed by atoms with Gasteiger partial charge in [0.2, 0.25) is 0 Å². The molecule has 1 amide bonds. The summed E-state index contributed by atoms with van der Waals surface area (Å²) in [5.41, 5.74) is 0.504. The van der Waals surface area contributed by atoms with Crippen molar-refractivity contribution in [3.63, 3.8) is 0 Å². The van der Waals surface area contributed by atoms with Crippen molar-refractivity contribution in [3.8, 4) is 17.1 Å². The number of hydrogen-bond donors (Lipinski definition) is 1. The lowest BCUT2D eigenvalue weighted by Crippen LogP contribution is -2.17. The van der Waals surface area contributed by atoms with E-state index in [4.69, 9.17) is 21.4 Å². The highest BCUT2D eigenvalue weighted by Gasteiger charge is 2.23. The molecule has 122 valence electrons. The van der Waals surface area contributed by atoms with E-state index in [0.717, 1.165) is 11.8 Å². The van der Waals surface area contributed by atoms with E-state index in [1.807, 2.05) is 0 Å². The average molecular weight is 362 g/mol. The van der Waals surface area contributed by atoms with Crippen LogP contribution in [0.2, 0.25) is 0 Å². The van der Waals surface area contributed by atoms with Gasteiger partial charge in [0.05, 0.1) is 28.6 Å². The van der Waals surface area contributed by atoms with E-state index in [9.17, 15) is 14.9 Å². The van der Waals surface area contributed by atoms with E-state index in [-0.39, 0.29) is 11.6 Å². The van der Waals surface area contributed by atoms with Crippen LogP contribution in [0.4, 0.5) is 5.69 Å². The van der Waals surface area contributed by atoms with Gasteiger partial charge in [0.25, 0.3) is 11.6 Å². The maximum atomic E-state index is 11.7. The predicted octanol–water partition coefficient (Wildman–Crippen LogP) is 3.35. The molecule has 0 atom stereocenters. The molecule has 1 aromatic heterocycles. The Morgan fingerprint density at radius 2 is 2.17 bits per heavy atom. The zero-order chi connectivity index (χ0) is 17.3. The minimum absolute atomic E-state index is 0.0722. The van der Waals surface area contributed by atoms with E-state index in [1.54, 1.807) is 24.3 Å². The van der Waals surface area contributed by atoms with Crippen LogP contribution in [0.15, 0.2) is 39.7 Å². The number of ether oxygens (including phenoxy) is 1. The molecule has 9 heteroatoms. The summed E-state index contributed by atoms with van der Waals surface area (Å²) in [4.78, 5) is 22.4. The van der Waals surface area contributed by atoms with Gasteiger partial charge in [0.15, 0.2) is 0 Å². The van der Waals surface area contributed by atoms with E-state index >= 15 is 0 Å². The maximum Gasteiger partial charge on any atom is 0.273 e. The highest BCUT2D eigenvalue weighted by Crippen LogP contribution is 2.35. The largest absolute Gasteiger partial charge is 0.496 e. The molecular formula is C15H10N2O5S2. The van der Waals surface area contributed by atoms with E-state index in [1.165, 1.54) is 19.2 Å². The zero-order valence-electron chi connectivity index (χ0n) is 12.3. The number of hydrogen-bond acceptors (Lipinski definition) is 7. The van der Waals surface area contributed by atoms with Crippen molar-refractivity contribution in [1.82, 2.24) is 5.32 Å². The van der Waals surface area contributed by atoms with Crippen molar-refractivity contribution < 1.29 is 18.9 Å². The molecule has 1 fully saturated rings. The van der Waals surface area contributed by atoms with Crippen LogP contribution in [0.1, 0.15) is 5.76 Å². The quantitative estimate of drug-likeness (QED) is 0.386. The standard InChI is InChI=1S/C15H10N2O5S2/c1-21-12-6-8(17(19)20)2-4-10(12)11-5-3-9(22-11)7-13-14(18)16-15(23)24-13/h2-7H,1H3,(H,16,18,23). The number of furan rings is 1. The van der Waals surface area contributed by atoms with Crippen LogP contribution in [0, 0.1) is 10.1 Å². The molecule has 1 aliphatic heterocycles. The summed E-state index contributed by atoms with van der Waals surface area (Å²) in [6, 6.07) is 7.65. The van der Waals surface area contributed by atoms with Gasteiger partial charge in [-0.3, -0.25) is 14.9 Å². The number of thiocarbonyl (C=S) groups is 1. The number of nitro groups is 1. The number of methoxy groups -OCH3 is 1. The number of rotatable bonds is 4. The Morgan fingerprint density at radius 3 is 2.79 bits per heavy atom. The third-order valence-electron chi connectivity index (χ3n) is 3.20. The summed E-state index contributed by atoms with van der Waals surface area (Å²) in [7, 11) is 1.43. The van der Waals surface area contributed by atoms with Crippen molar-refractivity contribution >= 4 is 46.0 Å². The maximum absolute atomic E-state index is 11.7. The molecule has 0 spiro atoms. The van der Waals surface area contributed by atoms with Gasteiger partial charge in [-0.1, -0.05) is 24.0 Å². The second-order valence-corrected chi connectivity index (χ2v) is 6.41. The summed E-state index contributed by atoms with van der Waals surface area (Å²) in [5.74, 6) is 0.995. The molecule has 1 N–H and O–H groups in total. The number of amides is 1. The van der Waals surface area contributed by atoms with E-state index in [2.05, 4.69) is 5.32 Å². The molecule has 0 aliphatic carbocycles. The normalized spacial score (nSPS) is 15.6. The lowest BCUT2D eigenvalue weighted by Gasteiger charge is -2.05. The van der Waals surface area contributed by atoms with Crippen LogP contribution in [-0.4, -0.2) is 22.3 Å². The van der Waals surface area contributed by atoms with Gasteiger partial charge in [-0.05, 0) is 18.2 Å². The summed E-state index contributed by atoms with van der Waals surface area (Å²) in [5, 5.41) is 13.4. The highest BCUT2D eigenvalue weighted by molar-refractivity contribution is 8.26. The second kappa shape index (κ2) is 6.46. The Hall–Kier alpha value is -2.65. The molecule has 0 bridgehead atoms. The Morgan fingerprint density at radius 1 is 1.38 bits per heavy atom. The summed E-state index contributed by atoms with van der Waals surface area (Å²) >= 11 is 6.08. The van der Waals surface area contributed by atoms with Gasteiger partial charge in [0, 0.05) is 12.1 Å². The lowest BCUT2D eigenvalue weighted by atomic mass is 10.1. The number of thioether (sulfide) groups is 1. The molecule has 1 aromatic carbocycles. The second-order valence-electron chi connectivity index (χ2n) is 4.70. The number of carbonyl (C=O) groups is 1. The first-order valence-electron chi connectivity index (χ1n) is 6.65. The molecule has 2 heterocycles. The Bertz CT molecular complexity index is 888. The number of nitrogens with zero attached hydrogens (tertiary/aromatic N) is 1. The Labute approximate surface area is 145 Å². The predicted molar refractivity (Wildman–Crippen MR) is 93.7 cm³/mol. The van der Waals surface area contributed by atoms with Crippen LogP contribution in [-0.2, 0) is 4.79 Å². The molecule has 1 saturated heterocycles. The molecule has 0 saturated carbocycles. The van der Waals surface area contributed by atoms with E-state index in [0.29, 0.717) is 32.1 Å². The van der Waals surface area contributed by atoms with Crippen LogP contribution >= 0.6 is 24.0 Å². The fourth-order valence-electron chi connectivity index (χ4n) is 2.12. The minimum Gasteiger partial charge on any atom is -0.496 e. The molecule has 0 unspecified atom stereocenters. The van der Waals surface area contributed by atoms with Gasteiger partial charge >= 0.3 is 0 Å². The van der Waals surface area contributed by atoms with Crippen molar-refractivity contribution in [2.45, 2.75) is 0 Å². The molecule has 0 radical (unpaired) electrons. The fraction of sp³-hybridized carbons (Fsp3) is 0.0667. The first-order valence-corrected chi connectivity index (χ1v) is 7.88. The van der Waals surface area contributed by atoms with Gasteiger partial charge in [0.1, 0.15) is 21.6 Å². The zero-order valence-corrected chi connectivity index (χ0v) is 13.9. The van der Waals surface area contributed by atoms with Crippen LogP contribution in [0.3, 0.4) is 0 Å². The lowest BCUT2D eigenvalue weighted by molar-refractivity contribution is -0.384. The molecule has 24 heavy (non-hydrogen) atoms. The first-order chi connectivity index (χ1) is 11.5. The van der Waals surface area contributed by atoms with Crippen molar-refractivity contribution in [1.29, 1.82) is 0 Å². The molecule has 3 rings (SSSR count). The number of non-ortho nitro benzene ring substituents is 1. The number of nitrogens with one attached hydrogen (secondary N) is 1. The van der Waals surface area contributed by atoms with Crippen LogP contribution in [0.25, 0.3) is 17.4 Å². The third kappa shape index (κ3) is 3.17. The summed E-state index contributed by atoms with van der Waals surface area (Å²) in [6.07, 6.45) is 1.58. The van der Waals surface area contributed by atoms with Crippen molar-refractivity contribution in [3.05, 3.63) is 51.1 Å². The average Bonchev–Trinajstić information content (AvgIpc) is 3.13. The molecular weight excluding hydrogens is 352 g/mol. The topological polar surface area (TPSA) is 94.6 Å². The summed E-state index contributed by atoms with van der Waals surface area (Å²) < 4.78 is 11.3. The minimum atomic E-state index is -0.497. The van der Waals surface area contributed by atoms with Gasteiger partial charge < -0.3 is 14.5 Å². The van der Waals surface area contributed by atoms with E-state index < -0.39 is 4.92 Å². The third-order valence-corrected chi connectivity index (χ3v) is 4.37. The number of carbonyl (C=O) groups excluding carboxylic acids is 1. The monoisotopic (exact) mass is 362 g/mol. The Balaban J connectivity index is 1.94. The number of benzene rings is 1. The number of nitro benzene ring substituents is 1. The van der Waals surface area contributed by atoms with Crippen molar-refractivity contribution in [2.24, 2.45) is 0 Å². The van der Waals surface area contributed by atoms with Crippen LogP contribution < -0.4 is 10.1 Å². The van der Waals surface area contributed by atoms with Gasteiger partial charge in [-0.2, -0.15) is 0 Å².